The predicted octanol–water partition coefficient (Wildman–Crippen LogP) is 0.614. The molecule has 0 aliphatic rings. The number of carboxylic acids is 1. The lowest BCUT2D eigenvalue weighted by Gasteiger charge is -2.24. The number of carbonyl (C=O) groups is 3. The van der Waals surface area contributed by atoms with Crippen molar-refractivity contribution in [2.75, 3.05) is 27.7 Å². The maximum atomic E-state index is 12.1. The van der Waals surface area contributed by atoms with Crippen LogP contribution in [0.4, 0.5) is 4.79 Å². The van der Waals surface area contributed by atoms with Crippen molar-refractivity contribution < 1.29 is 19.5 Å². The second kappa shape index (κ2) is 7.28. The monoisotopic (exact) mass is 293 g/mol. The van der Waals surface area contributed by atoms with E-state index in [4.69, 9.17) is 5.11 Å². The molecular weight excluding hydrogens is 274 g/mol. The number of hydrogen-bond acceptors (Lipinski definition) is 3. The number of rotatable bonds is 5. The third-order valence-corrected chi connectivity index (χ3v) is 2.93. The van der Waals surface area contributed by atoms with E-state index in [9.17, 15) is 14.4 Å². The normalized spacial score (nSPS) is 9.86. The average molecular weight is 293 g/mol. The number of hydrogen-bond donors (Lipinski definition) is 2. The van der Waals surface area contributed by atoms with Gasteiger partial charge in [-0.1, -0.05) is 12.1 Å². The summed E-state index contributed by atoms with van der Waals surface area (Å²) in [4.78, 5) is 36.8. The van der Waals surface area contributed by atoms with Crippen LogP contribution in [0.5, 0.6) is 0 Å². The predicted molar refractivity (Wildman–Crippen MR) is 77.0 cm³/mol. The molecule has 0 unspecified atom stereocenters. The molecule has 0 saturated heterocycles. The maximum Gasteiger partial charge on any atom is 0.335 e. The van der Waals surface area contributed by atoms with Crippen LogP contribution >= 0.6 is 0 Å². The Morgan fingerprint density at radius 3 is 2.14 bits per heavy atom. The summed E-state index contributed by atoms with van der Waals surface area (Å²) in [5.41, 5.74) is 1.01. The van der Waals surface area contributed by atoms with Crippen LogP contribution in [0.15, 0.2) is 24.3 Å². The van der Waals surface area contributed by atoms with E-state index in [1.54, 1.807) is 26.2 Å². The van der Waals surface area contributed by atoms with Crippen LogP contribution in [0.25, 0.3) is 0 Å². The summed E-state index contributed by atoms with van der Waals surface area (Å²) in [6.07, 6.45) is 0. The molecule has 0 heterocycles. The first-order valence-electron chi connectivity index (χ1n) is 6.34. The lowest BCUT2D eigenvalue weighted by Crippen LogP contribution is -2.43. The second-order valence-corrected chi connectivity index (χ2v) is 4.67. The summed E-state index contributed by atoms with van der Waals surface area (Å²) < 4.78 is 0. The molecule has 114 valence electrons. The summed E-state index contributed by atoms with van der Waals surface area (Å²) in [5, 5.41) is 11.3. The van der Waals surface area contributed by atoms with Crippen LogP contribution in [-0.4, -0.2) is 60.5 Å². The van der Waals surface area contributed by atoms with Crippen LogP contribution in [-0.2, 0) is 11.3 Å². The van der Waals surface area contributed by atoms with Crippen LogP contribution in [0.3, 0.4) is 0 Å². The van der Waals surface area contributed by atoms with Crippen LogP contribution < -0.4 is 5.32 Å². The van der Waals surface area contributed by atoms with Gasteiger partial charge >= 0.3 is 12.0 Å². The van der Waals surface area contributed by atoms with Crippen molar-refractivity contribution in [2.45, 2.75) is 6.54 Å². The Morgan fingerprint density at radius 2 is 1.67 bits per heavy atom. The number of carboxylic acid groups (broad SMARTS) is 1. The third kappa shape index (κ3) is 4.79. The molecule has 3 amide bonds. The van der Waals surface area contributed by atoms with Crippen LogP contribution in [0.1, 0.15) is 15.9 Å². The Balaban J connectivity index is 2.63. The quantitative estimate of drug-likeness (QED) is 0.832. The minimum atomic E-state index is -0.990. The number of carbonyl (C=O) groups excluding carboxylic acids is 2. The van der Waals surface area contributed by atoms with Crippen molar-refractivity contribution in [1.82, 2.24) is 15.1 Å². The smallest absolute Gasteiger partial charge is 0.335 e. The van der Waals surface area contributed by atoms with Gasteiger partial charge in [0, 0.05) is 27.7 Å². The molecule has 2 N–H and O–H groups in total. The minimum absolute atomic E-state index is 0.0162. The van der Waals surface area contributed by atoms with Crippen LogP contribution in [0.2, 0.25) is 0 Å². The zero-order valence-corrected chi connectivity index (χ0v) is 12.3. The van der Waals surface area contributed by atoms with Gasteiger partial charge in [-0.25, -0.2) is 9.59 Å². The van der Waals surface area contributed by atoms with Gasteiger partial charge in [0.15, 0.2) is 0 Å². The summed E-state index contributed by atoms with van der Waals surface area (Å²) >= 11 is 0. The Hall–Kier alpha value is -2.57. The fraction of sp³-hybridized carbons (Fsp3) is 0.357. The molecule has 0 fully saturated rings. The van der Waals surface area contributed by atoms with Gasteiger partial charge in [0.05, 0.1) is 5.56 Å². The highest BCUT2D eigenvalue weighted by Gasteiger charge is 2.16. The van der Waals surface area contributed by atoms with E-state index in [2.05, 4.69) is 5.32 Å². The van der Waals surface area contributed by atoms with E-state index >= 15 is 0 Å². The van der Waals surface area contributed by atoms with E-state index in [0.29, 0.717) is 6.54 Å². The number of urea groups is 1. The minimum Gasteiger partial charge on any atom is -0.478 e. The molecule has 7 nitrogen and oxygen atoms in total. The first kappa shape index (κ1) is 16.5. The first-order chi connectivity index (χ1) is 9.85. The zero-order valence-electron chi connectivity index (χ0n) is 12.3. The molecular formula is C14H19N3O4. The Kier molecular flexibility index (Phi) is 5.71. The fourth-order valence-corrected chi connectivity index (χ4v) is 1.75. The molecule has 0 aliphatic heterocycles. The van der Waals surface area contributed by atoms with Gasteiger partial charge in [0.1, 0.15) is 6.54 Å². The topological polar surface area (TPSA) is 90.0 Å². The first-order valence-corrected chi connectivity index (χ1v) is 6.34. The van der Waals surface area contributed by atoms with Gasteiger partial charge < -0.3 is 20.2 Å². The Labute approximate surface area is 123 Å². The Bertz CT molecular complexity index is 528. The van der Waals surface area contributed by atoms with Gasteiger partial charge in [0.25, 0.3) is 0 Å². The average Bonchev–Trinajstić information content (AvgIpc) is 2.46. The molecule has 0 aromatic heterocycles. The molecule has 1 rings (SSSR count). The summed E-state index contributed by atoms with van der Waals surface area (Å²) in [7, 11) is 4.67. The lowest BCUT2D eigenvalue weighted by molar-refractivity contribution is -0.121. The second-order valence-electron chi connectivity index (χ2n) is 4.67. The highest BCUT2D eigenvalue weighted by molar-refractivity contribution is 5.87. The molecule has 1 aromatic rings. The SMILES string of the molecule is CNC(=O)CN(C)C(=O)N(C)Cc1ccc(C(=O)O)cc1. The third-order valence-electron chi connectivity index (χ3n) is 2.93. The van der Waals surface area contributed by atoms with Gasteiger partial charge in [0.2, 0.25) is 5.91 Å². The van der Waals surface area contributed by atoms with Gasteiger partial charge in [-0.15, -0.1) is 0 Å². The molecule has 1 aromatic carbocycles. The van der Waals surface area contributed by atoms with Gasteiger partial charge in [-0.05, 0) is 17.7 Å². The summed E-state index contributed by atoms with van der Waals surface area (Å²) in [6, 6.07) is 6.01. The maximum absolute atomic E-state index is 12.1. The highest BCUT2D eigenvalue weighted by Crippen LogP contribution is 2.08. The standard InChI is InChI=1S/C14H19N3O4/c1-15-12(18)9-17(3)14(21)16(2)8-10-4-6-11(7-5-10)13(19)20/h4-7H,8-9H2,1-3H3,(H,15,18)(H,19,20). The molecule has 0 saturated carbocycles. The van der Waals surface area contributed by atoms with Crippen molar-refractivity contribution in [3.8, 4) is 0 Å². The van der Waals surface area contributed by atoms with E-state index in [-0.39, 0.29) is 24.0 Å². The number of nitrogens with zero attached hydrogens (tertiary/aromatic N) is 2. The molecule has 0 aliphatic carbocycles. The molecule has 0 radical (unpaired) electrons. The summed E-state index contributed by atoms with van der Waals surface area (Å²) in [6.45, 7) is 0.314. The van der Waals surface area contributed by atoms with Crippen molar-refractivity contribution in [2.24, 2.45) is 0 Å². The van der Waals surface area contributed by atoms with Crippen molar-refractivity contribution in [3.63, 3.8) is 0 Å². The Morgan fingerprint density at radius 1 is 1.10 bits per heavy atom. The molecule has 0 spiro atoms. The fourth-order valence-electron chi connectivity index (χ4n) is 1.75. The molecule has 7 heteroatoms. The highest BCUT2D eigenvalue weighted by atomic mass is 16.4. The van der Waals surface area contributed by atoms with Crippen molar-refractivity contribution in [1.29, 1.82) is 0 Å². The largest absolute Gasteiger partial charge is 0.478 e. The number of amides is 3. The molecule has 21 heavy (non-hydrogen) atoms. The number of nitrogens with one attached hydrogen (secondary N) is 1. The van der Waals surface area contributed by atoms with Crippen molar-refractivity contribution >= 4 is 17.9 Å². The number of benzene rings is 1. The number of likely N-dealkylation sites (N-methyl/N-ethyl adjacent to an activating group) is 2. The zero-order chi connectivity index (χ0) is 16.0. The number of aromatic carboxylic acids is 1. The van der Waals surface area contributed by atoms with E-state index in [1.807, 2.05) is 0 Å². The van der Waals surface area contributed by atoms with Crippen LogP contribution in [0, 0.1) is 0 Å². The van der Waals surface area contributed by atoms with E-state index in [0.717, 1.165) is 5.56 Å². The van der Waals surface area contributed by atoms with E-state index < -0.39 is 5.97 Å². The van der Waals surface area contributed by atoms with Gasteiger partial charge in [-0.3, -0.25) is 4.79 Å². The molecule has 0 bridgehead atoms. The lowest BCUT2D eigenvalue weighted by atomic mass is 10.1. The molecule has 0 atom stereocenters. The van der Waals surface area contributed by atoms with Crippen molar-refractivity contribution in [3.05, 3.63) is 35.4 Å². The summed E-state index contributed by atoms with van der Waals surface area (Å²) in [5.74, 6) is -1.23. The van der Waals surface area contributed by atoms with E-state index in [1.165, 1.54) is 29.0 Å². The van der Waals surface area contributed by atoms with Gasteiger partial charge in [-0.2, -0.15) is 0 Å².